The van der Waals surface area contributed by atoms with Gasteiger partial charge in [-0.2, -0.15) is 0 Å². The lowest BCUT2D eigenvalue weighted by Gasteiger charge is -2.26. The molecular weight excluding hydrogens is 236 g/mol. The second kappa shape index (κ2) is 6.06. The van der Waals surface area contributed by atoms with E-state index in [1.807, 2.05) is 0 Å². The maximum atomic E-state index is 5.52. The van der Waals surface area contributed by atoms with Crippen molar-refractivity contribution < 1.29 is 9.47 Å². The monoisotopic (exact) mass is 260 g/mol. The molecule has 1 aliphatic carbocycles. The fourth-order valence-corrected chi connectivity index (χ4v) is 3.23. The lowest BCUT2D eigenvalue weighted by molar-refractivity contribution is -0.0441. The highest BCUT2D eigenvalue weighted by atomic mass is 16.7. The Morgan fingerprint density at radius 2 is 1.58 bits per heavy atom. The number of benzene rings is 1. The van der Waals surface area contributed by atoms with Crippen LogP contribution in [0.1, 0.15) is 50.0 Å². The quantitative estimate of drug-likeness (QED) is 0.814. The van der Waals surface area contributed by atoms with E-state index >= 15 is 0 Å². The lowest BCUT2D eigenvalue weighted by Crippen LogP contribution is -2.14. The molecule has 0 spiro atoms. The Morgan fingerprint density at radius 3 is 2.21 bits per heavy atom. The molecule has 3 rings (SSSR count). The fourth-order valence-electron chi connectivity index (χ4n) is 3.23. The van der Waals surface area contributed by atoms with Gasteiger partial charge in [-0.25, -0.2) is 0 Å². The Morgan fingerprint density at radius 1 is 0.947 bits per heavy atom. The first-order chi connectivity index (χ1) is 9.31. The van der Waals surface area contributed by atoms with Gasteiger partial charge in [0.05, 0.1) is 13.2 Å². The van der Waals surface area contributed by atoms with Gasteiger partial charge >= 0.3 is 0 Å². The lowest BCUT2D eigenvalue weighted by atomic mass is 9.80. The van der Waals surface area contributed by atoms with Crippen LogP contribution < -0.4 is 0 Å². The van der Waals surface area contributed by atoms with Crippen molar-refractivity contribution in [2.75, 3.05) is 13.2 Å². The van der Waals surface area contributed by atoms with Crippen LogP contribution in [0.4, 0.5) is 0 Å². The van der Waals surface area contributed by atoms with Crippen molar-refractivity contribution in [3.63, 3.8) is 0 Å². The van der Waals surface area contributed by atoms with E-state index in [9.17, 15) is 0 Å². The molecule has 1 heterocycles. The fraction of sp³-hybridized carbons (Fsp3) is 0.647. The van der Waals surface area contributed by atoms with E-state index in [-0.39, 0.29) is 6.29 Å². The van der Waals surface area contributed by atoms with Gasteiger partial charge in [0, 0.05) is 5.56 Å². The first-order valence-corrected chi connectivity index (χ1v) is 7.63. The average molecular weight is 260 g/mol. The molecule has 1 saturated carbocycles. The molecule has 1 aliphatic heterocycles. The SMILES string of the molecule is CC1CCC(Cc2ccc(C3OCCO3)cc2)CC1. The van der Waals surface area contributed by atoms with Crippen LogP contribution in [0.5, 0.6) is 0 Å². The zero-order valence-electron chi connectivity index (χ0n) is 11.8. The molecular formula is C17H24O2. The number of hydrogen-bond donors (Lipinski definition) is 0. The number of rotatable bonds is 3. The second-order valence-electron chi connectivity index (χ2n) is 6.15. The first kappa shape index (κ1) is 13.1. The molecule has 2 fully saturated rings. The molecule has 2 heteroatoms. The molecule has 0 unspecified atom stereocenters. The van der Waals surface area contributed by atoms with E-state index in [0.29, 0.717) is 13.2 Å². The molecule has 1 saturated heterocycles. The van der Waals surface area contributed by atoms with Crippen LogP contribution in [0, 0.1) is 11.8 Å². The first-order valence-electron chi connectivity index (χ1n) is 7.63. The second-order valence-corrected chi connectivity index (χ2v) is 6.15. The summed E-state index contributed by atoms with van der Waals surface area (Å²) in [5, 5.41) is 0. The van der Waals surface area contributed by atoms with Gasteiger partial charge < -0.3 is 9.47 Å². The average Bonchev–Trinajstić information content (AvgIpc) is 2.96. The highest BCUT2D eigenvalue weighted by Gasteiger charge is 2.20. The smallest absolute Gasteiger partial charge is 0.184 e. The van der Waals surface area contributed by atoms with Crippen LogP contribution in [-0.4, -0.2) is 13.2 Å². The van der Waals surface area contributed by atoms with Gasteiger partial charge in [-0.3, -0.25) is 0 Å². The predicted molar refractivity (Wildman–Crippen MR) is 75.9 cm³/mol. The zero-order valence-corrected chi connectivity index (χ0v) is 11.8. The molecule has 19 heavy (non-hydrogen) atoms. The van der Waals surface area contributed by atoms with Crippen LogP contribution in [0.15, 0.2) is 24.3 Å². The van der Waals surface area contributed by atoms with E-state index in [1.165, 1.54) is 37.7 Å². The summed E-state index contributed by atoms with van der Waals surface area (Å²) in [7, 11) is 0. The van der Waals surface area contributed by atoms with E-state index in [0.717, 1.165) is 17.4 Å². The largest absolute Gasteiger partial charge is 0.346 e. The number of ether oxygens (including phenoxy) is 2. The maximum absolute atomic E-state index is 5.52. The third kappa shape index (κ3) is 3.37. The standard InChI is InChI=1S/C17H24O2/c1-13-2-4-14(5-3-13)12-15-6-8-16(9-7-15)17-18-10-11-19-17/h6-9,13-14,17H,2-5,10-12H2,1H3. The van der Waals surface area contributed by atoms with E-state index in [2.05, 4.69) is 31.2 Å². The van der Waals surface area contributed by atoms with Gasteiger partial charge in [0.2, 0.25) is 0 Å². The molecule has 2 nitrogen and oxygen atoms in total. The van der Waals surface area contributed by atoms with Crippen LogP contribution in [-0.2, 0) is 15.9 Å². The van der Waals surface area contributed by atoms with Crippen molar-refractivity contribution in [2.24, 2.45) is 11.8 Å². The predicted octanol–water partition coefficient (Wildman–Crippen LogP) is 4.10. The minimum absolute atomic E-state index is 0.135. The summed E-state index contributed by atoms with van der Waals surface area (Å²) in [6.45, 7) is 3.81. The van der Waals surface area contributed by atoms with Crippen molar-refractivity contribution in [3.05, 3.63) is 35.4 Å². The van der Waals surface area contributed by atoms with Crippen LogP contribution in [0.2, 0.25) is 0 Å². The molecule has 0 amide bonds. The third-order valence-corrected chi connectivity index (χ3v) is 4.53. The zero-order chi connectivity index (χ0) is 13.1. The summed E-state index contributed by atoms with van der Waals surface area (Å²) in [6, 6.07) is 8.82. The normalized spacial score (nSPS) is 28.7. The Bertz CT molecular complexity index is 384. The van der Waals surface area contributed by atoms with E-state index in [1.54, 1.807) is 0 Å². The van der Waals surface area contributed by atoms with Gasteiger partial charge in [0.15, 0.2) is 6.29 Å². The van der Waals surface area contributed by atoms with E-state index in [4.69, 9.17) is 9.47 Å². The van der Waals surface area contributed by atoms with Crippen molar-refractivity contribution in [1.82, 2.24) is 0 Å². The maximum Gasteiger partial charge on any atom is 0.184 e. The van der Waals surface area contributed by atoms with E-state index < -0.39 is 0 Å². The summed E-state index contributed by atoms with van der Waals surface area (Å²) < 4.78 is 11.0. The Hall–Kier alpha value is -0.860. The Balaban J connectivity index is 1.56. The third-order valence-electron chi connectivity index (χ3n) is 4.53. The Kier molecular flexibility index (Phi) is 4.19. The van der Waals surface area contributed by atoms with Crippen molar-refractivity contribution in [2.45, 2.75) is 45.3 Å². The van der Waals surface area contributed by atoms with Crippen molar-refractivity contribution in [1.29, 1.82) is 0 Å². The molecule has 0 aromatic heterocycles. The summed E-state index contributed by atoms with van der Waals surface area (Å²) in [5.41, 5.74) is 2.61. The Labute approximate surface area is 116 Å². The summed E-state index contributed by atoms with van der Waals surface area (Å²) in [5.74, 6) is 1.83. The summed E-state index contributed by atoms with van der Waals surface area (Å²) in [6.07, 6.45) is 6.72. The van der Waals surface area contributed by atoms with Gasteiger partial charge in [-0.05, 0) is 36.7 Å². The van der Waals surface area contributed by atoms with Gasteiger partial charge in [0.25, 0.3) is 0 Å². The van der Waals surface area contributed by atoms with Gasteiger partial charge in [-0.1, -0.05) is 44.0 Å². The molecule has 2 aliphatic rings. The topological polar surface area (TPSA) is 18.5 Å². The van der Waals surface area contributed by atoms with Gasteiger partial charge in [-0.15, -0.1) is 0 Å². The molecule has 1 aromatic rings. The molecule has 104 valence electrons. The number of hydrogen-bond acceptors (Lipinski definition) is 2. The highest BCUT2D eigenvalue weighted by Crippen LogP contribution is 2.31. The summed E-state index contributed by atoms with van der Waals surface area (Å²) in [4.78, 5) is 0. The van der Waals surface area contributed by atoms with Crippen molar-refractivity contribution in [3.8, 4) is 0 Å². The van der Waals surface area contributed by atoms with Crippen LogP contribution in [0.25, 0.3) is 0 Å². The van der Waals surface area contributed by atoms with Crippen molar-refractivity contribution >= 4 is 0 Å². The summed E-state index contributed by atoms with van der Waals surface area (Å²) >= 11 is 0. The molecule has 0 N–H and O–H groups in total. The van der Waals surface area contributed by atoms with Crippen LogP contribution >= 0.6 is 0 Å². The van der Waals surface area contributed by atoms with Gasteiger partial charge in [0.1, 0.15) is 0 Å². The highest BCUT2D eigenvalue weighted by molar-refractivity contribution is 5.24. The van der Waals surface area contributed by atoms with Crippen LogP contribution in [0.3, 0.4) is 0 Å². The molecule has 0 atom stereocenters. The molecule has 0 radical (unpaired) electrons. The molecule has 0 bridgehead atoms. The molecule has 1 aromatic carbocycles. The minimum atomic E-state index is -0.135. The minimum Gasteiger partial charge on any atom is -0.346 e.